The zero-order valence-electron chi connectivity index (χ0n) is 17.7. The number of hydrogen-bond acceptors (Lipinski definition) is 6. The second kappa shape index (κ2) is 11.4. The van der Waals surface area contributed by atoms with Crippen LogP contribution in [0.4, 0.5) is 4.39 Å². The number of carbonyl (C=O) groups excluding carboxylic acids is 3. The van der Waals surface area contributed by atoms with Gasteiger partial charge in [-0.3, -0.25) is 9.59 Å². The molecule has 0 bridgehead atoms. The lowest BCUT2D eigenvalue weighted by Crippen LogP contribution is -2.52. The Labute approximate surface area is 186 Å². The number of amides is 2. The summed E-state index contributed by atoms with van der Waals surface area (Å²) in [5.41, 5.74) is 0.197. The van der Waals surface area contributed by atoms with Crippen LogP contribution in [0.15, 0.2) is 59.5 Å². The lowest BCUT2D eigenvalue weighted by Gasteiger charge is -2.22. The average Bonchev–Trinajstić information content (AvgIpc) is 2.77. The topological polar surface area (TPSA) is 119 Å². The van der Waals surface area contributed by atoms with E-state index in [4.69, 9.17) is 0 Å². The molecule has 0 heterocycles. The molecule has 0 spiro atoms. The van der Waals surface area contributed by atoms with Gasteiger partial charge in [0.1, 0.15) is 17.9 Å². The molecule has 0 aromatic heterocycles. The number of sulfone groups is 1. The van der Waals surface area contributed by atoms with Gasteiger partial charge >= 0.3 is 5.97 Å². The van der Waals surface area contributed by atoms with E-state index in [1.807, 2.05) is 0 Å². The Balaban J connectivity index is 2.16. The zero-order valence-corrected chi connectivity index (χ0v) is 18.5. The molecule has 2 rings (SSSR count). The number of carbonyl (C=O) groups is 3. The van der Waals surface area contributed by atoms with Gasteiger partial charge in [0.2, 0.25) is 11.8 Å². The van der Waals surface area contributed by atoms with Crippen molar-refractivity contribution in [3.8, 4) is 0 Å². The van der Waals surface area contributed by atoms with Gasteiger partial charge < -0.3 is 15.4 Å². The molecule has 2 aromatic carbocycles. The van der Waals surface area contributed by atoms with E-state index in [1.54, 1.807) is 24.3 Å². The number of rotatable bonds is 10. The third kappa shape index (κ3) is 7.16. The van der Waals surface area contributed by atoms with E-state index in [-0.39, 0.29) is 23.3 Å². The van der Waals surface area contributed by atoms with Crippen LogP contribution in [0.25, 0.3) is 0 Å². The quantitative estimate of drug-likeness (QED) is 0.513. The van der Waals surface area contributed by atoms with Gasteiger partial charge in [0.15, 0.2) is 9.84 Å². The summed E-state index contributed by atoms with van der Waals surface area (Å²) in [5, 5.41) is 4.85. The normalized spacial score (nSPS) is 13.0. The molecule has 2 aromatic rings. The summed E-state index contributed by atoms with van der Waals surface area (Å²) in [6, 6.07) is 11.0. The van der Waals surface area contributed by atoms with Gasteiger partial charge in [-0.05, 0) is 30.2 Å². The van der Waals surface area contributed by atoms with Crippen molar-refractivity contribution >= 4 is 27.6 Å². The molecule has 32 heavy (non-hydrogen) atoms. The summed E-state index contributed by atoms with van der Waals surface area (Å²) in [7, 11) is -2.60. The molecule has 2 N–H and O–H groups in total. The van der Waals surface area contributed by atoms with Gasteiger partial charge in [0.05, 0.1) is 17.8 Å². The number of hydrogen-bond donors (Lipinski definition) is 2. The molecule has 10 heteroatoms. The van der Waals surface area contributed by atoms with Gasteiger partial charge in [0, 0.05) is 13.3 Å². The lowest BCUT2D eigenvalue weighted by molar-refractivity contribution is -0.145. The van der Waals surface area contributed by atoms with Crippen molar-refractivity contribution in [2.45, 2.75) is 36.7 Å². The van der Waals surface area contributed by atoms with Crippen molar-refractivity contribution in [2.24, 2.45) is 0 Å². The Morgan fingerprint density at radius 3 is 2.19 bits per heavy atom. The summed E-state index contributed by atoms with van der Waals surface area (Å²) < 4.78 is 43.8. The van der Waals surface area contributed by atoms with Crippen LogP contribution in [0.3, 0.4) is 0 Å². The molecular weight excluding hydrogens is 439 g/mol. The highest BCUT2D eigenvalue weighted by molar-refractivity contribution is 7.91. The van der Waals surface area contributed by atoms with E-state index in [2.05, 4.69) is 15.4 Å². The number of benzene rings is 2. The zero-order chi connectivity index (χ0) is 23.7. The highest BCUT2D eigenvalue weighted by Crippen LogP contribution is 2.13. The van der Waals surface area contributed by atoms with E-state index in [1.165, 1.54) is 37.3 Å². The fourth-order valence-corrected chi connectivity index (χ4v) is 4.37. The average molecular weight is 465 g/mol. The molecule has 0 radical (unpaired) electrons. The summed E-state index contributed by atoms with van der Waals surface area (Å²) in [6.45, 7) is 1.20. The lowest BCUT2D eigenvalue weighted by atomic mass is 10.0. The summed E-state index contributed by atoms with van der Waals surface area (Å²) in [5.74, 6) is -3.10. The van der Waals surface area contributed by atoms with E-state index < -0.39 is 51.3 Å². The number of methoxy groups -OCH3 is 1. The van der Waals surface area contributed by atoms with Crippen molar-refractivity contribution in [1.29, 1.82) is 0 Å². The van der Waals surface area contributed by atoms with Crippen LogP contribution in [0.1, 0.15) is 18.9 Å². The maximum atomic E-state index is 14.0. The van der Waals surface area contributed by atoms with Crippen LogP contribution >= 0.6 is 0 Å². The minimum absolute atomic E-state index is 0.0885. The van der Waals surface area contributed by atoms with Crippen LogP contribution in [0.2, 0.25) is 0 Å². The molecule has 0 aliphatic carbocycles. The number of esters is 1. The fraction of sp³-hybridized carbons (Fsp3) is 0.318. The fourth-order valence-electron chi connectivity index (χ4n) is 3.02. The molecule has 0 fully saturated rings. The summed E-state index contributed by atoms with van der Waals surface area (Å²) >= 11 is 0. The predicted octanol–water partition coefficient (Wildman–Crippen LogP) is 1.39. The Morgan fingerprint density at radius 2 is 1.59 bits per heavy atom. The standard InChI is InChI=1S/C22H25FN2O6S/c1-15(26)24-20(14-16-8-6-7-11-18(16)23)21(27)25-19(22(28)31-2)12-13-32(29,30)17-9-4-3-5-10-17/h3-11,19-20H,12-14H2,1-2H3,(H,24,26)(H,25,27)/t19-,20+/m0/s1. The first-order valence-corrected chi connectivity index (χ1v) is 11.5. The van der Waals surface area contributed by atoms with Crippen molar-refractivity contribution in [2.75, 3.05) is 12.9 Å². The van der Waals surface area contributed by atoms with Crippen LogP contribution in [-0.4, -0.2) is 51.1 Å². The molecular formula is C22H25FN2O6S. The van der Waals surface area contributed by atoms with Crippen molar-refractivity contribution in [1.82, 2.24) is 10.6 Å². The number of ether oxygens (including phenoxy) is 1. The molecule has 8 nitrogen and oxygen atoms in total. The molecule has 2 amide bonds. The van der Waals surface area contributed by atoms with Crippen LogP contribution < -0.4 is 10.6 Å². The van der Waals surface area contributed by atoms with Gasteiger partial charge in [-0.1, -0.05) is 36.4 Å². The molecule has 0 saturated carbocycles. The minimum atomic E-state index is -3.70. The molecule has 0 aliphatic rings. The largest absolute Gasteiger partial charge is 0.467 e. The van der Waals surface area contributed by atoms with Gasteiger partial charge in [0.25, 0.3) is 0 Å². The Morgan fingerprint density at radius 1 is 0.969 bits per heavy atom. The first-order chi connectivity index (χ1) is 15.1. The molecule has 0 aliphatic heterocycles. The monoisotopic (exact) mass is 464 g/mol. The maximum absolute atomic E-state index is 14.0. The number of halogens is 1. The van der Waals surface area contributed by atoms with Crippen molar-refractivity contribution in [3.63, 3.8) is 0 Å². The Hall–Kier alpha value is -3.27. The predicted molar refractivity (Wildman–Crippen MR) is 115 cm³/mol. The van der Waals surface area contributed by atoms with E-state index >= 15 is 0 Å². The van der Waals surface area contributed by atoms with E-state index in [9.17, 15) is 27.2 Å². The van der Waals surface area contributed by atoms with Gasteiger partial charge in [-0.15, -0.1) is 0 Å². The SMILES string of the molecule is COC(=O)[C@H](CCS(=O)(=O)c1ccccc1)NC(=O)[C@@H](Cc1ccccc1F)NC(C)=O. The van der Waals surface area contributed by atoms with Gasteiger partial charge in [-0.25, -0.2) is 17.6 Å². The first-order valence-electron chi connectivity index (χ1n) is 9.80. The molecule has 0 saturated heterocycles. The highest BCUT2D eigenvalue weighted by Gasteiger charge is 2.29. The Bertz CT molecular complexity index is 1060. The summed E-state index contributed by atoms with van der Waals surface area (Å²) in [4.78, 5) is 36.6. The number of nitrogens with one attached hydrogen (secondary N) is 2. The third-order valence-corrected chi connectivity index (χ3v) is 6.42. The van der Waals surface area contributed by atoms with Crippen molar-refractivity contribution in [3.05, 3.63) is 66.0 Å². The third-order valence-electron chi connectivity index (χ3n) is 4.66. The highest BCUT2D eigenvalue weighted by atomic mass is 32.2. The van der Waals surface area contributed by atoms with Gasteiger partial charge in [-0.2, -0.15) is 0 Å². The van der Waals surface area contributed by atoms with Crippen molar-refractivity contribution < 1.29 is 31.9 Å². The minimum Gasteiger partial charge on any atom is -0.467 e. The second-order valence-corrected chi connectivity index (χ2v) is 9.16. The molecule has 0 unspecified atom stereocenters. The van der Waals surface area contributed by atoms with Crippen LogP contribution in [0, 0.1) is 5.82 Å². The smallest absolute Gasteiger partial charge is 0.328 e. The Kier molecular flexibility index (Phi) is 8.89. The van der Waals surface area contributed by atoms with Crippen LogP contribution in [0.5, 0.6) is 0 Å². The van der Waals surface area contributed by atoms with Crippen LogP contribution in [-0.2, 0) is 35.4 Å². The summed E-state index contributed by atoms with van der Waals surface area (Å²) in [6.07, 6.45) is -0.406. The van der Waals surface area contributed by atoms with E-state index in [0.717, 1.165) is 7.11 Å². The first kappa shape index (κ1) is 25.0. The second-order valence-electron chi connectivity index (χ2n) is 7.05. The molecule has 172 valence electrons. The maximum Gasteiger partial charge on any atom is 0.328 e. The molecule has 2 atom stereocenters. The van der Waals surface area contributed by atoms with E-state index in [0.29, 0.717) is 0 Å².